The highest BCUT2D eigenvalue weighted by Crippen LogP contribution is 1.97. The Morgan fingerprint density at radius 3 is 2.50 bits per heavy atom. The van der Waals surface area contributed by atoms with Gasteiger partial charge in [-0.1, -0.05) is 13.8 Å². The fourth-order valence-electron chi connectivity index (χ4n) is 0.377. The topological polar surface area (TPSA) is 29.1 Å². The predicted molar refractivity (Wildman–Crippen MR) is 33.2 cm³/mol. The monoisotopic (exact) mass is 114 g/mol. The molecule has 2 heteroatoms. The second-order valence-corrected chi connectivity index (χ2v) is 1.80. The summed E-state index contributed by atoms with van der Waals surface area (Å²) < 4.78 is 0. The van der Waals surface area contributed by atoms with E-state index >= 15 is 0 Å². The lowest BCUT2D eigenvalue weighted by Crippen LogP contribution is -2.24. The molecular formula is C6H12NO. The summed E-state index contributed by atoms with van der Waals surface area (Å²) in [6.45, 7) is 5.45. The zero-order chi connectivity index (χ0) is 6.57. The fourth-order valence-corrected chi connectivity index (χ4v) is 0.377. The Morgan fingerprint density at radius 2 is 2.38 bits per heavy atom. The van der Waals surface area contributed by atoms with Gasteiger partial charge in [-0.15, -0.1) is 0 Å². The van der Waals surface area contributed by atoms with Crippen molar-refractivity contribution in [1.82, 2.24) is 5.32 Å². The fraction of sp³-hybridized carbons (Fsp3) is 0.667. The molecule has 0 heterocycles. The number of carbonyl (C=O) groups excluding carboxylic acids is 1. The Bertz CT molecular complexity index is 80.6. The van der Waals surface area contributed by atoms with Gasteiger partial charge in [0.2, 0.25) is 5.91 Å². The van der Waals surface area contributed by atoms with Crippen LogP contribution in [0.15, 0.2) is 0 Å². The lowest BCUT2D eigenvalue weighted by Gasteiger charge is -2.03. The van der Waals surface area contributed by atoms with Crippen LogP contribution in [0.25, 0.3) is 0 Å². The molecule has 1 unspecified atom stereocenters. The smallest absolute Gasteiger partial charge is 0.222 e. The molecule has 1 atom stereocenters. The molecule has 0 aliphatic rings. The average molecular weight is 114 g/mol. The van der Waals surface area contributed by atoms with Gasteiger partial charge in [-0.05, 0) is 6.42 Å². The van der Waals surface area contributed by atoms with Crippen molar-refractivity contribution in [1.29, 1.82) is 0 Å². The van der Waals surface area contributed by atoms with Crippen molar-refractivity contribution in [2.45, 2.75) is 13.3 Å². The third-order valence-electron chi connectivity index (χ3n) is 1.13. The molecule has 0 aromatic heterocycles. The van der Waals surface area contributed by atoms with Gasteiger partial charge in [0.25, 0.3) is 0 Å². The highest BCUT2D eigenvalue weighted by Gasteiger charge is 2.05. The summed E-state index contributed by atoms with van der Waals surface area (Å²) in [6, 6.07) is 0. The Hall–Kier alpha value is -0.530. The molecule has 47 valence electrons. The van der Waals surface area contributed by atoms with Gasteiger partial charge in [-0.3, -0.25) is 4.79 Å². The van der Waals surface area contributed by atoms with Crippen molar-refractivity contribution >= 4 is 5.91 Å². The van der Waals surface area contributed by atoms with E-state index in [1.807, 2.05) is 6.92 Å². The summed E-state index contributed by atoms with van der Waals surface area (Å²) in [5.74, 6) is 0.125. The molecule has 2 nitrogen and oxygen atoms in total. The molecule has 0 aromatic carbocycles. The maximum atomic E-state index is 10.6. The van der Waals surface area contributed by atoms with Gasteiger partial charge in [0.05, 0.1) is 0 Å². The first-order valence-electron chi connectivity index (χ1n) is 2.73. The van der Waals surface area contributed by atoms with Crippen LogP contribution in [0.3, 0.4) is 0 Å². The van der Waals surface area contributed by atoms with Gasteiger partial charge < -0.3 is 5.32 Å². The van der Waals surface area contributed by atoms with Gasteiger partial charge in [0, 0.05) is 13.0 Å². The number of hydrogen-bond acceptors (Lipinski definition) is 1. The molecule has 0 aliphatic heterocycles. The van der Waals surface area contributed by atoms with Gasteiger partial charge in [0.15, 0.2) is 0 Å². The third-order valence-corrected chi connectivity index (χ3v) is 1.13. The summed E-state index contributed by atoms with van der Waals surface area (Å²) in [5.41, 5.74) is 0. The molecular weight excluding hydrogens is 102 g/mol. The van der Waals surface area contributed by atoms with Crippen LogP contribution in [-0.2, 0) is 4.79 Å². The predicted octanol–water partition coefficient (Wildman–Crippen LogP) is 0.593. The van der Waals surface area contributed by atoms with Gasteiger partial charge >= 0.3 is 0 Å². The van der Waals surface area contributed by atoms with E-state index in [0.29, 0.717) is 6.42 Å². The molecule has 0 aliphatic carbocycles. The van der Waals surface area contributed by atoms with Crippen molar-refractivity contribution in [3.05, 3.63) is 6.92 Å². The van der Waals surface area contributed by atoms with Crippen LogP contribution in [0.4, 0.5) is 0 Å². The molecule has 0 saturated carbocycles. The van der Waals surface area contributed by atoms with Crippen molar-refractivity contribution < 1.29 is 4.79 Å². The maximum Gasteiger partial charge on any atom is 0.222 e. The standard InChI is InChI=1S/C6H12NO/c1-4-5(2)6(8)7-3/h5H,1,4H2,2-3H3,(H,7,8). The van der Waals surface area contributed by atoms with Gasteiger partial charge in [0.1, 0.15) is 0 Å². The minimum Gasteiger partial charge on any atom is -0.359 e. The number of carbonyl (C=O) groups is 1. The Morgan fingerprint density at radius 1 is 1.88 bits per heavy atom. The van der Waals surface area contributed by atoms with E-state index in [1.165, 1.54) is 0 Å². The number of amides is 1. The second kappa shape index (κ2) is 3.47. The summed E-state index contributed by atoms with van der Waals surface area (Å²) in [7, 11) is 1.63. The normalized spacial score (nSPS) is 12.9. The van der Waals surface area contributed by atoms with Crippen LogP contribution in [0.5, 0.6) is 0 Å². The summed E-state index contributed by atoms with van der Waals surface area (Å²) >= 11 is 0. The number of rotatable bonds is 2. The first kappa shape index (κ1) is 7.47. The molecule has 0 rings (SSSR count). The van der Waals surface area contributed by atoms with Crippen LogP contribution in [0, 0.1) is 12.8 Å². The van der Waals surface area contributed by atoms with Crippen LogP contribution < -0.4 is 5.32 Å². The zero-order valence-electron chi connectivity index (χ0n) is 5.40. The van der Waals surface area contributed by atoms with Crippen molar-refractivity contribution in [2.75, 3.05) is 7.05 Å². The van der Waals surface area contributed by atoms with Gasteiger partial charge in [-0.2, -0.15) is 0 Å². The van der Waals surface area contributed by atoms with Crippen LogP contribution in [0.2, 0.25) is 0 Å². The SMILES string of the molecule is [CH2]CC(C)C(=O)NC. The van der Waals surface area contributed by atoms with E-state index in [0.717, 1.165) is 0 Å². The molecule has 8 heavy (non-hydrogen) atoms. The number of hydrogen-bond donors (Lipinski definition) is 1. The lowest BCUT2D eigenvalue weighted by atomic mass is 10.1. The Kier molecular flexibility index (Phi) is 3.24. The van der Waals surface area contributed by atoms with Crippen molar-refractivity contribution in [3.8, 4) is 0 Å². The molecule has 0 aromatic rings. The highest BCUT2D eigenvalue weighted by molar-refractivity contribution is 5.77. The molecule has 1 amide bonds. The first-order valence-corrected chi connectivity index (χ1v) is 2.73. The van der Waals surface area contributed by atoms with Gasteiger partial charge in [-0.25, -0.2) is 0 Å². The lowest BCUT2D eigenvalue weighted by molar-refractivity contribution is -0.123. The minimum atomic E-state index is 0.0556. The largest absolute Gasteiger partial charge is 0.359 e. The van der Waals surface area contributed by atoms with E-state index in [-0.39, 0.29) is 11.8 Å². The molecule has 0 bridgehead atoms. The quantitative estimate of drug-likeness (QED) is 0.559. The van der Waals surface area contributed by atoms with E-state index in [2.05, 4.69) is 12.2 Å². The second-order valence-electron chi connectivity index (χ2n) is 1.80. The van der Waals surface area contributed by atoms with E-state index in [1.54, 1.807) is 7.05 Å². The number of nitrogens with one attached hydrogen (secondary N) is 1. The van der Waals surface area contributed by atoms with Crippen molar-refractivity contribution in [2.24, 2.45) is 5.92 Å². The highest BCUT2D eigenvalue weighted by atomic mass is 16.1. The Labute approximate surface area is 50.3 Å². The Balaban J connectivity index is 3.46. The van der Waals surface area contributed by atoms with E-state index < -0.39 is 0 Å². The van der Waals surface area contributed by atoms with Crippen molar-refractivity contribution in [3.63, 3.8) is 0 Å². The maximum absolute atomic E-state index is 10.6. The molecule has 1 radical (unpaired) electrons. The van der Waals surface area contributed by atoms with Crippen LogP contribution in [0.1, 0.15) is 13.3 Å². The summed E-state index contributed by atoms with van der Waals surface area (Å²) in [4.78, 5) is 10.6. The van der Waals surface area contributed by atoms with Crippen LogP contribution in [-0.4, -0.2) is 13.0 Å². The molecule has 0 saturated heterocycles. The average Bonchev–Trinajstić information content (AvgIpc) is 1.84. The first-order chi connectivity index (χ1) is 3.72. The third kappa shape index (κ3) is 1.96. The minimum absolute atomic E-state index is 0.0556. The molecule has 0 spiro atoms. The summed E-state index contributed by atoms with van der Waals surface area (Å²) in [5, 5.41) is 2.54. The zero-order valence-corrected chi connectivity index (χ0v) is 5.40. The van der Waals surface area contributed by atoms with E-state index in [9.17, 15) is 4.79 Å². The van der Waals surface area contributed by atoms with E-state index in [4.69, 9.17) is 0 Å². The molecule has 1 N–H and O–H groups in total. The molecule has 0 fully saturated rings. The van der Waals surface area contributed by atoms with Crippen LogP contribution >= 0.6 is 0 Å². The summed E-state index contributed by atoms with van der Waals surface area (Å²) in [6.07, 6.45) is 0.666.